The average Bonchev–Trinajstić information content (AvgIpc) is 3.19. The summed E-state index contributed by atoms with van der Waals surface area (Å²) >= 11 is 1.36. The minimum absolute atomic E-state index is 0.0378. The summed E-state index contributed by atoms with van der Waals surface area (Å²) < 4.78 is 5.11. The third kappa shape index (κ3) is 3.18. The van der Waals surface area contributed by atoms with Crippen LogP contribution in [0.25, 0.3) is 11.3 Å². The molecule has 0 spiro atoms. The zero-order valence-corrected chi connectivity index (χ0v) is 12.0. The van der Waals surface area contributed by atoms with E-state index in [1.807, 2.05) is 5.38 Å². The van der Waals surface area contributed by atoms with Gasteiger partial charge in [0.2, 0.25) is 5.13 Å². The predicted octanol–water partition coefficient (Wildman–Crippen LogP) is 3.76. The number of nitrogens with zero attached hydrogens (tertiary/aromatic N) is 3. The van der Waals surface area contributed by atoms with E-state index in [-0.39, 0.29) is 5.69 Å². The van der Waals surface area contributed by atoms with Crippen molar-refractivity contribution in [3.63, 3.8) is 0 Å². The topological polar surface area (TPSA) is 93.6 Å². The summed E-state index contributed by atoms with van der Waals surface area (Å²) in [7, 11) is 0. The number of thiazole rings is 1. The molecule has 7 nitrogen and oxygen atoms in total. The quantitative estimate of drug-likeness (QED) is 0.439. The Kier molecular flexibility index (Phi) is 3.92. The molecule has 0 amide bonds. The third-order valence-corrected chi connectivity index (χ3v) is 3.50. The highest BCUT2D eigenvalue weighted by atomic mass is 32.1. The average molecular weight is 314 g/mol. The van der Waals surface area contributed by atoms with Crippen LogP contribution in [0, 0.1) is 10.1 Å². The molecule has 22 heavy (non-hydrogen) atoms. The van der Waals surface area contributed by atoms with Crippen molar-refractivity contribution in [3.8, 4) is 11.3 Å². The van der Waals surface area contributed by atoms with Crippen LogP contribution in [0.15, 0.2) is 57.6 Å². The van der Waals surface area contributed by atoms with Gasteiger partial charge in [0.1, 0.15) is 5.76 Å². The van der Waals surface area contributed by atoms with Crippen molar-refractivity contribution in [1.82, 2.24) is 4.98 Å². The summed E-state index contributed by atoms with van der Waals surface area (Å²) in [6.07, 6.45) is 3.10. The highest BCUT2D eigenvalue weighted by Crippen LogP contribution is 2.27. The molecule has 0 aliphatic carbocycles. The van der Waals surface area contributed by atoms with Crippen LogP contribution in [0.2, 0.25) is 0 Å². The fraction of sp³-hybridized carbons (Fsp3) is 0. The number of furan rings is 1. The number of hydrazone groups is 1. The molecule has 0 saturated heterocycles. The number of nitro groups is 1. The van der Waals surface area contributed by atoms with E-state index in [0.717, 1.165) is 0 Å². The maximum atomic E-state index is 10.8. The Labute approximate surface area is 129 Å². The number of hydrogen-bond acceptors (Lipinski definition) is 7. The molecule has 0 atom stereocenters. The summed E-state index contributed by atoms with van der Waals surface area (Å²) in [4.78, 5) is 14.7. The smallest absolute Gasteiger partial charge is 0.270 e. The minimum Gasteiger partial charge on any atom is -0.463 e. The SMILES string of the molecule is O=[N+]([O-])c1cccc(-c2csc(N/N=C/c3ccco3)n2)c1. The molecular weight excluding hydrogens is 304 g/mol. The van der Waals surface area contributed by atoms with E-state index < -0.39 is 4.92 Å². The van der Waals surface area contributed by atoms with Crippen molar-refractivity contribution < 1.29 is 9.34 Å². The van der Waals surface area contributed by atoms with E-state index >= 15 is 0 Å². The van der Waals surface area contributed by atoms with Gasteiger partial charge in [-0.15, -0.1) is 11.3 Å². The largest absolute Gasteiger partial charge is 0.463 e. The van der Waals surface area contributed by atoms with Gasteiger partial charge >= 0.3 is 0 Å². The minimum atomic E-state index is -0.428. The first-order chi connectivity index (χ1) is 10.7. The Balaban J connectivity index is 1.73. The molecule has 110 valence electrons. The number of nitrogens with one attached hydrogen (secondary N) is 1. The van der Waals surface area contributed by atoms with E-state index in [1.165, 1.54) is 29.7 Å². The van der Waals surface area contributed by atoms with Crippen LogP contribution in [0.1, 0.15) is 5.76 Å². The fourth-order valence-electron chi connectivity index (χ4n) is 1.75. The van der Waals surface area contributed by atoms with Crippen LogP contribution in [0.3, 0.4) is 0 Å². The molecule has 0 aliphatic rings. The van der Waals surface area contributed by atoms with Crippen LogP contribution in [-0.4, -0.2) is 16.1 Å². The number of hydrogen-bond donors (Lipinski definition) is 1. The Morgan fingerprint density at radius 3 is 3.05 bits per heavy atom. The van der Waals surface area contributed by atoms with Crippen molar-refractivity contribution >= 4 is 28.4 Å². The molecule has 0 radical (unpaired) electrons. The second kappa shape index (κ2) is 6.19. The van der Waals surface area contributed by atoms with Gasteiger partial charge < -0.3 is 4.42 Å². The van der Waals surface area contributed by atoms with Gasteiger partial charge in [0.05, 0.1) is 23.1 Å². The van der Waals surface area contributed by atoms with Crippen molar-refractivity contribution in [2.75, 3.05) is 5.43 Å². The predicted molar refractivity (Wildman–Crippen MR) is 84.1 cm³/mol. The number of benzene rings is 1. The Hall–Kier alpha value is -3.00. The molecule has 0 unspecified atom stereocenters. The van der Waals surface area contributed by atoms with E-state index in [1.54, 1.807) is 30.5 Å². The van der Waals surface area contributed by atoms with Crippen LogP contribution in [-0.2, 0) is 0 Å². The lowest BCUT2D eigenvalue weighted by atomic mass is 10.1. The van der Waals surface area contributed by atoms with Crippen LogP contribution < -0.4 is 5.43 Å². The van der Waals surface area contributed by atoms with Crippen LogP contribution >= 0.6 is 11.3 Å². The molecule has 0 aliphatic heterocycles. The van der Waals surface area contributed by atoms with Gasteiger partial charge in [-0.1, -0.05) is 12.1 Å². The van der Waals surface area contributed by atoms with E-state index in [2.05, 4.69) is 15.5 Å². The first kappa shape index (κ1) is 14.0. The van der Waals surface area contributed by atoms with Crippen molar-refractivity contribution in [2.24, 2.45) is 5.10 Å². The highest BCUT2D eigenvalue weighted by molar-refractivity contribution is 7.14. The van der Waals surface area contributed by atoms with Gasteiger partial charge in [-0.25, -0.2) is 4.98 Å². The van der Waals surface area contributed by atoms with Gasteiger partial charge in [-0.3, -0.25) is 15.5 Å². The summed E-state index contributed by atoms with van der Waals surface area (Å²) in [5, 5.41) is 17.2. The van der Waals surface area contributed by atoms with Crippen LogP contribution in [0.5, 0.6) is 0 Å². The van der Waals surface area contributed by atoms with Gasteiger partial charge in [-0.2, -0.15) is 5.10 Å². The van der Waals surface area contributed by atoms with Crippen molar-refractivity contribution in [3.05, 3.63) is 63.9 Å². The molecule has 2 aromatic heterocycles. The second-order valence-electron chi connectivity index (χ2n) is 4.23. The molecule has 0 bridgehead atoms. The lowest BCUT2D eigenvalue weighted by Gasteiger charge is -1.96. The normalized spacial score (nSPS) is 10.9. The number of nitro benzene ring substituents is 1. The Morgan fingerprint density at radius 1 is 1.36 bits per heavy atom. The summed E-state index contributed by atoms with van der Waals surface area (Å²) in [5.41, 5.74) is 4.18. The molecular formula is C14H10N4O3S. The molecule has 1 N–H and O–H groups in total. The molecule has 1 aromatic carbocycles. The van der Waals surface area contributed by atoms with Gasteiger partial charge in [-0.05, 0) is 12.1 Å². The first-order valence-electron chi connectivity index (χ1n) is 6.25. The molecule has 0 fully saturated rings. The zero-order valence-electron chi connectivity index (χ0n) is 11.2. The Bertz CT molecular complexity index is 811. The summed E-state index contributed by atoms with van der Waals surface area (Å²) in [6.45, 7) is 0. The number of rotatable bonds is 5. The third-order valence-electron chi connectivity index (χ3n) is 2.75. The lowest BCUT2D eigenvalue weighted by Crippen LogP contribution is -1.90. The fourth-order valence-corrected chi connectivity index (χ4v) is 2.42. The summed E-state index contributed by atoms with van der Waals surface area (Å²) in [5.74, 6) is 0.628. The maximum Gasteiger partial charge on any atom is 0.270 e. The van der Waals surface area contributed by atoms with Crippen molar-refractivity contribution in [1.29, 1.82) is 0 Å². The maximum absolute atomic E-state index is 10.8. The van der Waals surface area contributed by atoms with Crippen molar-refractivity contribution in [2.45, 2.75) is 0 Å². The molecule has 0 saturated carbocycles. The molecule has 8 heteroatoms. The van der Waals surface area contributed by atoms with Crippen LogP contribution in [0.4, 0.5) is 10.8 Å². The molecule has 2 heterocycles. The highest BCUT2D eigenvalue weighted by Gasteiger charge is 2.09. The molecule has 3 aromatic rings. The van der Waals surface area contributed by atoms with Gasteiger partial charge in [0, 0.05) is 23.1 Å². The monoisotopic (exact) mass is 314 g/mol. The van der Waals surface area contributed by atoms with E-state index in [0.29, 0.717) is 22.1 Å². The number of non-ortho nitro benzene ring substituents is 1. The van der Waals surface area contributed by atoms with Gasteiger partial charge in [0.15, 0.2) is 0 Å². The first-order valence-corrected chi connectivity index (χ1v) is 7.13. The Morgan fingerprint density at radius 2 is 2.27 bits per heavy atom. The lowest BCUT2D eigenvalue weighted by molar-refractivity contribution is -0.384. The van der Waals surface area contributed by atoms with E-state index in [4.69, 9.17) is 4.42 Å². The standard InChI is InChI=1S/C14H10N4O3S/c19-18(20)11-4-1-3-10(7-11)13-9-22-14(16-13)17-15-8-12-5-2-6-21-12/h1-9H,(H,16,17)/b15-8+. The van der Waals surface area contributed by atoms with E-state index in [9.17, 15) is 10.1 Å². The molecule has 3 rings (SSSR count). The summed E-state index contributed by atoms with van der Waals surface area (Å²) in [6, 6.07) is 9.90. The van der Waals surface area contributed by atoms with Gasteiger partial charge in [0.25, 0.3) is 5.69 Å². The number of anilines is 1. The zero-order chi connectivity index (χ0) is 15.4. The number of aromatic nitrogens is 1. The second-order valence-corrected chi connectivity index (χ2v) is 5.09.